The van der Waals surface area contributed by atoms with Gasteiger partial charge in [-0.25, -0.2) is 0 Å². The summed E-state index contributed by atoms with van der Waals surface area (Å²) in [5.74, 6) is 0. The third kappa shape index (κ3) is 4.42. The van der Waals surface area contributed by atoms with Gasteiger partial charge in [0.15, 0.2) is 0 Å². The molecule has 0 amide bonds. The second-order valence-corrected chi connectivity index (χ2v) is 12.4. The third-order valence-electron chi connectivity index (χ3n) is 4.42. The van der Waals surface area contributed by atoms with Gasteiger partial charge in [-0.15, -0.1) is 0 Å². The molecule has 0 aliphatic carbocycles. The number of hydrogen-bond donors (Lipinski definition) is 0. The van der Waals surface area contributed by atoms with Crippen molar-refractivity contribution >= 4 is 14.6 Å². The molecular weight excluding hydrogens is 252 g/mol. The Hall–Kier alpha value is -0.153. The SMILES string of the molecule is CCC[C@](C)(CC=O)O[Si](C(C)C)(C(C)C)C(C)C. The number of rotatable bonds is 9. The predicted octanol–water partition coefficient (Wildman–Crippen LogP) is 5.33. The zero-order valence-electron chi connectivity index (χ0n) is 14.2. The molecule has 0 aliphatic rings. The molecule has 0 radical (unpaired) electrons. The van der Waals surface area contributed by atoms with Crippen molar-refractivity contribution in [1.29, 1.82) is 0 Å². The molecule has 0 aromatic rings. The smallest absolute Gasteiger partial charge is 0.201 e. The minimum absolute atomic E-state index is 0.276. The summed E-state index contributed by atoms with van der Waals surface area (Å²) in [6.45, 7) is 18.0. The molecule has 0 rings (SSSR count). The lowest BCUT2D eigenvalue weighted by molar-refractivity contribution is -0.111. The molecule has 0 aromatic heterocycles. The van der Waals surface area contributed by atoms with Crippen molar-refractivity contribution in [2.24, 2.45) is 0 Å². The van der Waals surface area contributed by atoms with Crippen molar-refractivity contribution in [1.82, 2.24) is 0 Å². The van der Waals surface area contributed by atoms with Crippen LogP contribution in [0.3, 0.4) is 0 Å². The molecule has 0 aromatic carbocycles. The molecule has 0 unspecified atom stereocenters. The topological polar surface area (TPSA) is 26.3 Å². The second kappa shape index (κ2) is 7.58. The highest BCUT2D eigenvalue weighted by atomic mass is 28.4. The van der Waals surface area contributed by atoms with E-state index >= 15 is 0 Å². The molecule has 0 spiro atoms. The molecule has 114 valence electrons. The van der Waals surface area contributed by atoms with Crippen LogP contribution in [-0.2, 0) is 9.22 Å². The molecule has 0 heterocycles. The molecule has 0 saturated heterocycles. The lowest BCUT2D eigenvalue weighted by Gasteiger charge is -2.48. The van der Waals surface area contributed by atoms with Crippen molar-refractivity contribution in [2.45, 2.75) is 96.9 Å². The minimum Gasteiger partial charge on any atom is -0.410 e. The maximum absolute atomic E-state index is 11.0. The fraction of sp³-hybridized carbons (Fsp3) is 0.938. The summed E-state index contributed by atoms with van der Waals surface area (Å²) < 4.78 is 6.80. The Morgan fingerprint density at radius 1 is 1.05 bits per heavy atom. The minimum atomic E-state index is -1.90. The summed E-state index contributed by atoms with van der Waals surface area (Å²) in [5, 5.41) is 0. The Kier molecular flexibility index (Phi) is 7.52. The number of aldehydes is 1. The van der Waals surface area contributed by atoms with Crippen LogP contribution in [0.1, 0.15) is 74.7 Å². The maximum atomic E-state index is 11.0. The lowest BCUT2D eigenvalue weighted by atomic mass is 9.98. The van der Waals surface area contributed by atoms with Crippen LogP contribution in [0.5, 0.6) is 0 Å². The monoisotopic (exact) mass is 286 g/mol. The summed E-state index contributed by atoms with van der Waals surface area (Å²) in [4.78, 5) is 11.0. The molecule has 3 heteroatoms. The number of hydrogen-bond acceptors (Lipinski definition) is 2. The summed E-state index contributed by atoms with van der Waals surface area (Å²) in [7, 11) is -1.90. The van der Waals surface area contributed by atoms with Crippen molar-refractivity contribution in [3.05, 3.63) is 0 Å². The summed E-state index contributed by atoms with van der Waals surface area (Å²) >= 11 is 0. The first-order valence-electron chi connectivity index (χ1n) is 7.80. The fourth-order valence-electron chi connectivity index (χ4n) is 3.68. The van der Waals surface area contributed by atoms with Crippen molar-refractivity contribution in [2.75, 3.05) is 0 Å². The van der Waals surface area contributed by atoms with Crippen molar-refractivity contribution in [3.8, 4) is 0 Å². The van der Waals surface area contributed by atoms with Gasteiger partial charge in [-0.3, -0.25) is 0 Å². The van der Waals surface area contributed by atoms with Gasteiger partial charge in [0.25, 0.3) is 0 Å². The van der Waals surface area contributed by atoms with E-state index in [1.165, 1.54) is 0 Å². The van der Waals surface area contributed by atoms with Gasteiger partial charge in [-0.05, 0) is 30.0 Å². The first kappa shape index (κ1) is 18.8. The van der Waals surface area contributed by atoms with Gasteiger partial charge in [0.2, 0.25) is 8.32 Å². The van der Waals surface area contributed by atoms with Gasteiger partial charge >= 0.3 is 0 Å². The van der Waals surface area contributed by atoms with Gasteiger partial charge in [-0.2, -0.15) is 0 Å². The summed E-state index contributed by atoms with van der Waals surface area (Å²) in [6, 6.07) is 0. The first-order chi connectivity index (χ1) is 8.66. The molecule has 1 atom stereocenters. The number of carbonyl (C=O) groups is 1. The van der Waals surface area contributed by atoms with E-state index in [1.807, 2.05) is 0 Å². The van der Waals surface area contributed by atoms with E-state index in [0.717, 1.165) is 19.1 Å². The fourth-order valence-corrected chi connectivity index (χ4v) is 9.43. The third-order valence-corrected chi connectivity index (χ3v) is 10.7. The highest BCUT2D eigenvalue weighted by Crippen LogP contribution is 2.45. The van der Waals surface area contributed by atoms with Gasteiger partial charge in [-0.1, -0.05) is 54.9 Å². The molecule has 0 N–H and O–H groups in total. The second-order valence-electron chi connectivity index (χ2n) is 6.99. The average molecular weight is 287 g/mol. The zero-order chi connectivity index (χ0) is 15.3. The summed E-state index contributed by atoms with van der Waals surface area (Å²) in [5.41, 5.74) is 1.42. The van der Waals surface area contributed by atoms with E-state index in [0.29, 0.717) is 23.0 Å². The largest absolute Gasteiger partial charge is 0.410 e. The Morgan fingerprint density at radius 2 is 1.47 bits per heavy atom. The normalized spacial score (nSPS) is 16.2. The van der Waals surface area contributed by atoms with E-state index in [2.05, 4.69) is 55.4 Å². The highest BCUT2D eigenvalue weighted by Gasteiger charge is 2.48. The quantitative estimate of drug-likeness (QED) is 0.423. The Morgan fingerprint density at radius 3 is 1.74 bits per heavy atom. The molecule has 0 saturated carbocycles. The van der Waals surface area contributed by atoms with E-state index in [1.54, 1.807) is 0 Å². The van der Waals surface area contributed by atoms with E-state index in [-0.39, 0.29) is 5.60 Å². The van der Waals surface area contributed by atoms with Gasteiger partial charge in [0.1, 0.15) is 6.29 Å². The van der Waals surface area contributed by atoms with Crippen molar-refractivity contribution < 1.29 is 9.22 Å². The Balaban J connectivity index is 5.44. The zero-order valence-corrected chi connectivity index (χ0v) is 15.2. The van der Waals surface area contributed by atoms with E-state index in [4.69, 9.17) is 4.43 Å². The van der Waals surface area contributed by atoms with Crippen LogP contribution >= 0.6 is 0 Å². The van der Waals surface area contributed by atoms with Crippen LogP contribution < -0.4 is 0 Å². The summed E-state index contributed by atoms with van der Waals surface area (Å²) in [6.07, 6.45) is 3.56. The first-order valence-corrected chi connectivity index (χ1v) is 9.94. The number of carbonyl (C=O) groups excluding carboxylic acids is 1. The van der Waals surface area contributed by atoms with E-state index < -0.39 is 8.32 Å². The van der Waals surface area contributed by atoms with Crippen LogP contribution in [-0.4, -0.2) is 20.2 Å². The molecule has 2 nitrogen and oxygen atoms in total. The average Bonchev–Trinajstić information content (AvgIpc) is 2.25. The Labute approximate surface area is 121 Å². The predicted molar refractivity (Wildman–Crippen MR) is 86.1 cm³/mol. The maximum Gasteiger partial charge on any atom is 0.201 e. The molecule has 0 bridgehead atoms. The molecule has 0 fully saturated rings. The molecular formula is C16H34O2Si. The van der Waals surface area contributed by atoms with Crippen LogP contribution in [0.2, 0.25) is 16.6 Å². The van der Waals surface area contributed by atoms with Crippen molar-refractivity contribution in [3.63, 3.8) is 0 Å². The highest BCUT2D eigenvalue weighted by molar-refractivity contribution is 6.77. The Bertz CT molecular complexity index is 252. The van der Waals surface area contributed by atoms with Gasteiger partial charge in [0, 0.05) is 6.42 Å². The lowest BCUT2D eigenvalue weighted by Crippen LogP contribution is -2.53. The van der Waals surface area contributed by atoms with Crippen LogP contribution in [0, 0.1) is 0 Å². The van der Waals surface area contributed by atoms with Crippen LogP contribution in [0.25, 0.3) is 0 Å². The standard InChI is InChI=1S/C16H34O2Si/c1-9-10-16(8,11-12-17)18-19(13(2)3,14(4)5)15(6)7/h12-15H,9-11H2,1-8H3/t16-/m1/s1. The molecule has 0 aliphatic heterocycles. The van der Waals surface area contributed by atoms with Gasteiger partial charge in [0.05, 0.1) is 5.60 Å². The van der Waals surface area contributed by atoms with E-state index in [9.17, 15) is 4.79 Å². The van der Waals surface area contributed by atoms with Crippen LogP contribution in [0.15, 0.2) is 0 Å². The van der Waals surface area contributed by atoms with Crippen LogP contribution in [0.4, 0.5) is 0 Å². The molecule has 19 heavy (non-hydrogen) atoms. The van der Waals surface area contributed by atoms with Gasteiger partial charge < -0.3 is 9.22 Å².